The van der Waals surface area contributed by atoms with Crippen molar-refractivity contribution in [2.24, 2.45) is 0 Å². The Kier molecular flexibility index (Phi) is 9.08. The smallest absolute Gasteiger partial charge is 0.206 e. The first kappa shape index (κ1) is 38.1. The summed E-state index contributed by atoms with van der Waals surface area (Å²) in [6.07, 6.45) is -16.4. The molecule has 0 bridgehead atoms. The largest absolute Gasteiger partial charge is 0.417 e. The third-order valence-corrected chi connectivity index (χ3v) is 8.36. The summed E-state index contributed by atoms with van der Waals surface area (Å²) in [7, 11) is 0. The molecule has 0 aromatic heterocycles. The highest BCUT2D eigenvalue weighted by Gasteiger charge is 2.51. The van der Waals surface area contributed by atoms with Crippen molar-refractivity contribution in [3.05, 3.63) is 115 Å². The molecule has 0 fully saturated rings. The minimum atomic E-state index is -5.85. The second-order valence-electron chi connectivity index (χ2n) is 11.1. The van der Waals surface area contributed by atoms with Crippen LogP contribution in [0.4, 0.5) is 43.9 Å². The Morgan fingerprint density at radius 1 is 0.455 bits per heavy atom. The molecule has 0 saturated carbocycles. The van der Waals surface area contributed by atoms with Gasteiger partial charge < -0.3 is 0 Å². The molecule has 264 valence electrons. The van der Waals surface area contributed by atoms with Gasteiger partial charge in [0.15, 0.2) is 0 Å². The van der Waals surface area contributed by atoms with E-state index in [0.717, 1.165) is 0 Å². The van der Waals surface area contributed by atoms with Gasteiger partial charge >= 0.3 is 18.5 Å². The zero-order valence-corrected chi connectivity index (χ0v) is 26.3. The summed E-state index contributed by atoms with van der Waals surface area (Å²) in [5.41, 5.74) is -24.6. The number of fused-ring (bicyclic) bond motifs is 2. The number of nitriles is 8. The summed E-state index contributed by atoms with van der Waals surface area (Å²) in [6.45, 7) is 0. The molecule has 0 N–H and O–H groups in total. The van der Waals surface area contributed by atoms with E-state index in [1.165, 1.54) is 48.6 Å². The highest BCUT2D eigenvalue weighted by Crippen LogP contribution is 2.60. The quantitative estimate of drug-likeness (QED) is 0.183. The van der Waals surface area contributed by atoms with E-state index in [-0.39, 0.29) is 12.1 Å². The number of hydrogen-bond donors (Lipinski definition) is 0. The van der Waals surface area contributed by atoms with Gasteiger partial charge in [-0.2, -0.15) is 81.6 Å². The second-order valence-corrected chi connectivity index (χ2v) is 11.1. The van der Waals surface area contributed by atoms with E-state index in [1.807, 2.05) is 0 Å². The van der Waals surface area contributed by atoms with Gasteiger partial charge in [-0.25, -0.2) is 4.39 Å². The Morgan fingerprint density at radius 2 is 0.800 bits per heavy atom. The molecule has 55 heavy (non-hydrogen) atoms. The molecule has 2 aliphatic carbocycles. The third kappa shape index (κ3) is 5.74. The maximum absolute atomic E-state index is 17.2. The van der Waals surface area contributed by atoms with Gasteiger partial charge in [-0.05, 0) is 35.4 Å². The molecule has 2 aliphatic rings. The van der Waals surface area contributed by atoms with Crippen molar-refractivity contribution >= 4 is 33.4 Å². The van der Waals surface area contributed by atoms with Crippen molar-refractivity contribution < 1.29 is 43.9 Å². The summed E-state index contributed by atoms with van der Waals surface area (Å²) in [6, 6.07) is 13.2. The highest BCUT2D eigenvalue weighted by atomic mass is 19.4. The van der Waals surface area contributed by atoms with Crippen LogP contribution in [0.25, 0.3) is 33.4 Å². The molecule has 0 spiro atoms. The van der Waals surface area contributed by atoms with E-state index < -0.39 is 130 Å². The first-order valence-corrected chi connectivity index (χ1v) is 14.4. The lowest BCUT2D eigenvalue weighted by Gasteiger charge is -2.21. The predicted octanol–water partition coefficient (Wildman–Crippen LogP) is 9.12. The molecule has 0 aliphatic heterocycles. The van der Waals surface area contributed by atoms with Crippen molar-refractivity contribution in [3.63, 3.8) is 0 Å². The lowest BCUT2D eigenvalue weighted by Crippen LogP contribution is -2.16. The van der Waals surface area contributed by atoms with Crippen LogP contribution in [-0.2, 0) is 18.5 Å². The number of allylic oxidation sites excluding steroid dienone is 8. The molecule has 0 radical (unpaired) electrons. The molecule has 3 aromatic carbocycles. The van der Waals surface area contributed by atoms with E-state index in [9.17, 15) is 68.4 Å². The Labute approximate surface area is 301 Å². The van der Waals surface area contributed by atoms with Crippen LogP contribution in [0.5, 0.6) is 0 Å². The fourth-order valence-electron chi connectivity index (χ4n) is 6.36. The lowest BCUT2D eigenvalue weighted by atomic mass is 9.83. The lowest BCUT2D eigenvalue weighted by molar-refractivity contribution is -0.138. The van der Waals surface area contributed by atoms with Crippen molar-refractivity contribution in [2.45, 2.75) is 18.5 Å². The number of hydrogen-bond acceptors (Lipinski definition) is 8. The van der Waals surface area contributed by atoms with Crippen molar-refractivity contribution in [1.29, 1.82) is 42.1 Å². The summed E-state index contributed by atoms with van der Waals surface area (Å²) in [5.74, 6) is -1.94. The molecule has 0 atom stereocenters. The molecule has 0 unspecified atom stereocenters. The van der Waals surface area contributed by atoms with E-state index >= 15 is 17.6 Å². The van der Waals surface area contributed by atoms with Crippen LogP contribution < -0.4 is 0 Å². The number of nitrogens with zero attached hydrogens (tertiary/aromatic N) is 8. The van der Waals surface area contributed by atoms with Gasteiger partial charge in [-0.1, -0.05) is 12.1 Å². The van der Waals surface area contributed by atoms with Crippen LogP contribution in [0.15, 0.2) is 47.5 Å². The minimum absolute atomic E-state index is 0.207. The van der Waals surface area contributed by atoms with Crippen molar-refractivity contribution in [3.8, 4) is 48.6 Å². The van der Waals surface area contributed by atoms with Gasteiger partial charge in [0.2, 0.25) is 0 Å². The fourth-order valence-corrected chi connectivity index (χ4v) is 6.36. The van der Waals surface area contributed by atoms with Gasteiger partial charge in [0.1, 0.15) is 53.4 Å². The second kappa shape index (κ2) is 13.1. The Morgan fingerprint density at radius 3 is 1.05 bits per heavy atom. The predicted molar refractivity (Wildman–Crippen MR) is 165 cm³/mol. The molecule has 3 aromatic rings. The molecule has 5 rings (SSSR count). The first-order chi connectivity index (χ1) is 25.8. The zero-order valence-electron chi connectivity index (χ0n) is 26.3. The van der Waals surface area contributed by atoms with Crippen LogP contribution in [0, 0.1) is 96.5 Å². The third-order valence-electron chi connectivity index (χ3n) is 8.36. The Hall–Kier alpha value is -8.16. The maximum Gasteiger partial charge on any atom is 0.417 e. The number of halogens is 10. The van der Waals surface area contributed by atoms with Crippen LogP contribution >= 0.6 is 0 Å². The summed E-state index contributed by atoms with van der Waals surface area (Å²) in [5, 5.41) is 78.6. The Balaban J connectivity index is 2.12. The molecular formula is C37H6F10N8. The highest BCUT2D eigenvalue weighted by molar-refractivity contribution is 6.31. The topological polar surface area (TPSA) is 190 Å². The van der Waals surface area contributed by atoms with Gasteiger partial charge in [0.05, 0.1) is 51.1 Å². The van der Waals surface area contributed by atoms with E-state index in [4.69, 9.17) is 0 Å². The average Bonchev–Trinajstić information content (AvgIpc) is 3.65. The summed E-state index contributed by atoms with van der Waals surface area (Å²) >= 11 is 0. The van der Waals surface area contributed by atoms with Gasteiger partial charge in [-0.15, -0.1) is 0 Å². The van der Waals surface area contributed by atoms with Gasteiger partial charge in [-0.3, -0.25) is 0 Å². The fraction of sp³-hybridized carbons (Fsp3) is 0.0811. The molecule has 8 nitrogen and oxygen atoms in total. The normalized spacial score (nSPS) is 13.3. The SMILES string of the molecule is N#CC(C#N)=C1C(c2ccc(C#N)c(C(F)(F)F)c2)=C(C#N)c2c(F)c3c(c(C(F)(F)F)c21)C(=C(C#N)C#N)C(c1ccc(C#N)c(C(F)(F)F)c1)=C3C#N. The van der Waals surface area contributed by atoms with E-state index in [1.54, 1.807) is 0 Å². The first-order valence-electron chi connectivity index (χ1n) is 14.4. The monoisotopic (exact) mass is 752 g/mol. The zero-order chi connectivity index (χ0) is 40.9. The molecule has 0 heterocycles. The number of rotatable bonds is 2. The minimum Gasteiger partial charge on any atom is -0.206 e. The molecule has 0 saturated heterocycles. The molecular weight excluding hydrogens is 746 g/mol. The molecule has 18 heteroatoms. The average molecular weight is 752 g/mol. The maximum atomic E-state index is 17.2. The Bertz CT molecular complexity index is 2590. The van der Waals surface area contributed by atoms with Crippen molar-refractivity contribution in [2.75, 3.05) is 0 Å². The van der Waals surface area contributed by atoms with Crippen LogP contribution in [0.2, 0.25) is 0 Å². The van der Waals surface area contributed by atoms with Crippen LogP contribution in [0.3, 0.4) is 0 Å². The standard InChI is InChI=1S/C37H6F10N8/c38-34-29-21(13-54)25(15-1-3-17(7-48)23(5-15)35(39,40)41)27(19(9-50)10-51)31(29)33(37(45,46)47)32-28(20(11-52)12-53)26(22(14-55)30(32)34)16-2-4-18(8-49)24(6-16)36(42,43)44/h1-6H. The van der Waals surface area contributed by atoms with Crippen molar-refractivity contribution in [1.82, 2.24) is 0 Å². The summed E-state index contributed by atoms with van der Waals surface area (Å²) in [4.78, 5) is 0. The van der Waals surface area contributed by atoms with E-state index in [2.05, 4.69) is 0 Å². The summed E-state index contributed by atoms with van der Waals surface area (Å²) < 4.78 is 148. The number of benzene rings is 3. The van der Waals surface area contributed by atoms with Crippen LogP contribution in [0.1, 0.15) is 61.2 Å². The van der Waals surface area contributed by atoms with Gasteiger partial charge in [0, 0.05) is 44.5 Å². The van der Waals surface area contributed by atoms with Gasteiger partial charge in [0.25, 0.3) is 0 Å². The van der Waals surface area contributed by atoms with E-state index in [0.29, 0.717) is 24.3 Å². The van der Waals surface area contributed by atoms with Crippen LogP contribution in [-0.4, -0.2) is 0 Å². The molecule has 0 amide bonds. The number of alkyl halides is 9.